The number of rotatable bonds is 3. The average Bonchev–Trinajstić information content (AvgIpc) is 3.16. The Morgan fingerprint density at radius 3 is 2.74 bits per heavy atom. The van der Waals surface area contributed by atoms with E-state index in [2.05, 4.69) is 10.4 Å². The van der Waals surface area contributed by atoms with Crippen molar-refractivity contribution in [2.75, 3.05) is 5.84 Å². The molecule has 34 heavy (non-hydrogen) atoms. The molecule has 2 atom stereocenters. The molecule has 10 nitrogen and oxygen atoms in total. The second-order valence-corrected chi connectivity index (χ2v) is 9.06. The van der Waals surface area contributed by atoms with Crippen molar-refractivity contribution in [3.8, 4) is 5.75 Å². The van der Waals surface area contributed by atoms with Crippen molar-refractivity contribution < 1.29 is 19.4 Å². The van der Waals surface area contributed by atoms with Crippen molar-refractivity contribution >= 4 is 11.7 Å². The number of ether oxygens (including phenoxy) is 1. The molecule has 0 bridgehead atoms. The fourth-order valence-electron chi connectivity index (χ4n) is 4.98. The van der Waals surface area contributed by atoms with Gasteiger partial charge in [-0.1, -0.05) is 32.1 Å². The van der Waals surface area contributed by atoms with E-state index in [0.29, 0.717) is 29.9 Å². The Morgan fingerprint density at radius 1 is 1.29 bits per heavy atom. The van der Waals surface area contributed by atoms with E-state index in [9.17, 15) is 14.7 Å². The van der Waals surface area contributed by atoms with Crippen molar-refractivity contribution in [1.29, 1.82) is 0 Å². The van der Waals surface area contributed by atoms with Gasteiger partial charge in [-0.25, -0.2) is 0 Å². The number of amides is 1. The van der Waals surface area contributed by atoms with Gasteiger partial charge < -0.3 is 32.6 Å². The Labute approximate surface area is 195 Å². The standard InChI is InChI=1S/C24H26N6O4/c1-12(2)13-6-8-15-18(10-13)34-24(33)16-4-3-5-17(25)20(16)21(31)23(15,24)28-22(32)14-7-9-19(29-26)30(27)11-14/h4,6-12,33H,3,5,25-27H2,1-2H3,(H,28,32)/b29-19-. The summed E-state index contributed by atoms with van der Waals surface area (Å²) in [5.41, 5.74) is 6.83. The molecule has 1 saturated carbocycles. The van der Waals surface area contributed by atoms with E-state index in [0.717, 1.165) is 10.2 Å². The van der Waals surface area contributed by atoms with E-state index in [1.807, 2.05) is 19.9 Å². The Kier molecular flexibility index (Phi) is 4.63. The predicted octanol–water partition coefficient (Wildman–Crippen LogP) is 0.322. The first-order chi connectivity index (χ1) is 16.1. The van der Waals surface area contributed by atoms with Crippen LogP contribution < -0.4 is 33.0 Å². The number of ketones is 1. The largest absolute Gasteiger partial charge is 0.454 e. The van der Waals surface area contributed by atoms with Crippen molar-refractivity contribution in [2.45, 2.75) is 43.9 Å². The number of hydrogen-bond donors (Lipinski definition) is 5. The third-order valence-electron chi connectivity index (χ3n) is 6.78. The van der Waals surface area contributed by atoms with Gasteiger partial charge in [-0.2, -0.15) is 5.10 Å². The number of pyridine rings is 1. The molecular formula is C24H26N6O4. The van der Waals surface area contributed by atoms with Gasteiger partial charge >= 0.3 is 0 Å². The highest BCUT2D eigenvalue weighted by molar-refractivity contribution is 6.16. The second-order valence-electron chi connectivity index (χ2n) is 9.06. The molecule has 1 aliphatic heterocycles. The second kappa shape index (κ2) is 7.22. The number of hydrogen-bond acceptors (Lipinski definition) is 8. The lowest BCUT2D eigenvalue weighted by atomic mass is 9.82. The summed E-state index contributed by atoms with van der Waals surface area (Å²) in [4.78, 5) is 27.4. The first-order valence-corrected chi connectivity index (χ1v) is 11.0. The molecule has 1 fully saturated rings. The van der Waals surface area contributed by atoms with Gasteiger partial charge in [0.2, 0.25) is 11.3 Å². The maximum Gasteiger partial charge on any atom is 0.270 e. The summed E-state index contributed by atoms with van der Waals surface area (Å²) in [6, 6.07) is 8.30. The molecule has 1 amide bonds. The lowest BCUT2D eigenvalue weighted by Gasteiger charge is -2.34. The Hall–Kier alpha value is -4.05. The van der Waals surface area contributed by atoms with Crippen LogP contribution in [0, 0.1) is 0 Å². The van der Waals surface area contributed by atoms with E-state index in [1.54, 1.807) is 18.2 Å². The van der Waals surface area contributed by atoms with Crippen molar-refractivity contribution in [3.05, 3.63) is 81.6 Å². The molecule has 1 aromatic carbocycles. The topological polar surface area (TPSA) is 171 Å². The number of Topliss-reactive ketones (excluding diaryl/α,β-unsaturated/α-hetero) is 1. The molecule has 5 rings (SSSR count). The highest BCUT2D eigenvalue weighted by atomic mass is 16.6. The maximum atomic E-state index is 14.0. The van der Waals surface area contributed by atoms with Crippen LogP contribution in [-0.2, 0) is 10.3 Å². The molecular weight excluding hydrogens is 436 g/mol. The molecule has 2 heterocycles. The first-order valence-electron chi connectivity index (χ1n) is 11.0. The van der Waals surface area contributed by atoms with Gasteiger partial charge in [0.25, 0.3) is 11.7 Å². The van der Waals surface area contributed by atoms with Gasteiger partial charge in [-0.05, 0) is 42.5 Å². The van der Waals surface area contributed by atoms with Gasteiger partial charge in [0, 0.05) is 28.6 Å². The normalized spacial score (nSPS) is 25.6. The number of fused-ring (bicyclic) bond motifs is 5. The van der Waals surface area contributed by atoms with E-state index < -0.39 is 23.0 Å². The molecule has 176 valence electrons. The third-order valence-corrected chi connectivity index (χ3v) is 6.78. The van der Waals surface area contributed by atoms with Crippen LogP contribution in [0.3, 0.4) is 0 Å². The number of carbonyl (C=O) groups excluding carboxylic acids is 2. The molecule has 0 saturated heterocycles. The minimum atomic E-state index is -2.15. The van der Waals surface area contributed by atoms with Gasteiger partial charge in [-0.15, -0.1) is 0 Å². The number of nitrogens with one attached hydrogen (secondary N) is 1. The zero-order chi connectivity index (χ0) is 24.4. The van der Waals surface area contributed by atoms with Crippen LogP contribution in [0.5, 0.6) is 5.75 Å². The monoisotopic (exact) mass is 462 g/mol. The Balaban J connectivity index is 1.71. The number of aromatic nitrogens is 1. The molecule has 0 radical (unpaired) electrons. The van der Waals surface area contributed by atoms with Gasteiger partial charge in [0.15, 0.2) is 5.49 Å². The molecule has 8 N–H and O–H groups in total. The van der Waals surface area contributed by atoms with E-state index >= 15 is 0 Å². The summed E-state index contributed by atoms with van der Waals surface area (Å²) in [7, 11) is 0. The Morgan fingerprint density at radius 2 is 2.06 bits per heavy atom. The van der Waals surface area contributed by atoms with E-state index in [-0.39, 0.29) is 28.1 Å². The summed E-state index contributed by atoms with van der Waals surface area (Å²) in [5, 5.41) is 18.3. The Bertz CT molecular complexity index is 1390. The minimum Gasteiger partial charge on any atom is -0.454 e. The van der Waals surface area contributed by atoms with Crippen molar-refractivity contribution in [1.82, 2.24) is 9.99 Å². The van der Waals surface area contributed by atoms with E-state index in [4.69, 9.17) is 22.2 Å². The maximum absolute atomic E-state index is 14.0. The number of nitrogens with zero attached hydrogens (tertiary/aromatic N) is 2. The third kappa shape index (κ3) is 2.69. The SMILES string of the molecule is CC(C)c1ccc2c(c1)OC1(O)C3=CCCC(N)=C3C(=O)C21NC(=O)c1cc/c(=N/N)n(N)c1. The number of benzene rings is 1. The summed E-state index contributed by atoms with van der Waals surface area (Å²) >= 11 is 0. The molecule has 0 spiro atoms. The fraction of sp³-hybridized carbons (Fsp3) is 0.292. The van der Waals surface area contributed by atoms with Crippen molar-refractivity contribution in [3.63, 3.8) is 0 Å². The number of nitrogens with two attached hydrogens (primary N) is 3. The molecule has 10 heteroatoms. The van der Waals surface area contributed by atoms with Gasteiger partial charge in [0.05, 0.1) is 5.56 Å². The van der Waals surface area contributed by atoms with Crippen LogP contribution in [0.1, 0.15) is 54.1 Å². The summed E-state index contributed by atoms with van der Waals surface area (Å²) in [6.45, 7) is 4.05. The van der Waals surface area contributed by atoms with Crippen LogP contribution in [-0.4, -0.2) is 27.3 Å². The lowest BCUT2D eigenvalue weighted by molar-refractivity contribution is -0.152. The van der Waals surface area contributed by atoms with Crippen LogP contribution >= 0.6 is 0 Å². The molecule has 2 unspecified atom stereocenters. The predicted molar refractivity (Wildman–Crippen MR) is 123 cm³/mol. The quantitative estimate of drug-likeness (QED) is 0.323. The summed E-state index contributed by atoms with van der Waals surface area (Å²) in [5.74, 6) is 8.36. The number of nitrogen functional groups attached to an aromatic ring is 1. The minimum absolute atomic E-state index is 0.137. The highest BCUT2D eigenvalue weighted by Gasteiger charge is 2.74. The van der Waals surface area contributed by atoms with Crippen LogP contribution in [0.2, 0.25) is 0 Å². The van der Waals surface area contributed by atoms with Crippen molar-refractivity contribution in [2.24, 2.45) is 16.7 Å². The van der Waals surface area contributed by atoms with Gasteiger partial charge in [0.1, 0.15) is 5.75 Å². The number of allylic oxidation sites excluding steroid dienone is 2. The summed E-state index contributed by atoms with van der Waals surface area (Å²) in [6.07, 6.45) is 4.09. The number of carbonyl (C=O) groups is 2. The first kappa shape index (κ1) is 21.8. The van der Waals surface area contributed by atoms with Crippen LogP contribution in [0.4, 0.5) is 0 Å². The van der Waals surface area contributed by atoms with Crippen LogP contribution in [0.25, 0.3) is 0 Å². The molecule has 3 aliphatic rings. The molecule has 2 aromatic rings. The average molecular weight is 463 g/mol. The molecule has 2 aliphatic carbocycles. The van der Waals surface area contributed by atoms with Gasteiger partial charge in [-0.3, -0.25) is 14.3 Å². The highest BCUT2D eigenvalue weighted by Crippen LogP contribution is 2.59. The lowest BCUT2D eigenvalue weighted by Crippen LogP contribution is -2.62. The fourth-order valence-corrected chi connectivity index (χ4v) is 4.98. The summed E-state index contributed by atoms with van der Waals surface area (Å²) < 4.78 is 7.19. The van der Waals surface area contributed by atoms with Crippen LogP contribution in [0.15, 0.2) is 64.5 Å². The zero-order valence-electron chi connectivity index (χ0n) is 18.8. The number of aliphatic hydroxyl groups is 1. The zero-order valence-corrected chi connectivity index (χ0v) is 18.8. The van der Waals surface area contributed by atoms with E-state index in [1.165, 1.54) is 18.3 Å². The smallest absolute Gasteiger partial charge is 0.270 e. The molecule has 1 aromatic heterocycles.